The molecule has 0 bridgehead atoms. The van der Waals surface area contributed by atoms with Crippen LogP contribution in [-0.2, 0) is 4.74 Å². The summed E-state index contributed by atoms with van der Waals surface area (Å²) in [4.78, 5) is 27.5. The van der Waals surface area contributed by atoms with E-state index in [-0.39, 0.29) is 17.7 Å². The molecule has 2 aliphatic rings. The molecular formula is C24H32N6O3. The van der Waals surface area contributed by atoms with Gasteiger partial charge in [-0.25, -0.2) is 19.7 Å². The van der Waals surface area contributed by atoms with Crippen molar-refractivity contribution in [2.45, 2.75) is 52.0 Å². The highest BCUT2D eigenvalue weighted by molar-refractivity contribution is 6.09. The van der Waals surface area contributed by atoms with E-state index in [0.717, 1.165) is 38.8 Å². The van der Waals surface area contributed by atoms with E-state index >= 15 is 0 Å². The minimum atomic E-state index is -1.10. The van der Waals surface area contributed by atoms with Crippen LogP contribution >= 0.6 is 0 Å². The Hall–Kier alpha value is -3.07. The highest BCUT2D eigenvalue weighted by Gasteiger charge is 2.25. The van der Waals surface area contributed by atoms with Gasteiger partial charge in [0.15, 0.2) is 5.69 Å². The molecule has 33 heavy (non-hydrogen) atoms. The highest BCUT2D eigenvalue weighted by atomic mass is 16.5. The van der Waals surface area contributed by atoms with E-state index in [9.17, 15) is 9.90 Å². The third kappa shape index (κ3) is 5.30. The number of anilines is 2. The molecule has 0 aromatic carbocycles. The average molecular weight is 453 g/mol. The Morgan fingerprint density at radius 1 is 1.18 bits per heavy atom. The van der Waals surface area contributed by atoms with Crippen LogP contribution in [0.2, 0.25) is 0 Å². The van der Waals surface area contributed by atoms with Crippen molar-refractivity contribution < 1.29 is 14.6 Å². The zero-order chi connectivity index (χ0) is 23.4. The van der Waals surface area contributed by atoms with Crippen LogP contribution in [0.1, 0.15) is 62.0 Å². The van der Waals surface area contributed by atoms with Gasteiger partial charge in [-0.1, -0.05) is 33.1 Å². The fourth-order valence-electron chi connectivity index (χ4n) is 4.38. The van der Waals surface area contributed by atoms with Crippen molar-refractivity contribution in [2.75, 3.05) is 36.5 Å². The van der Waals surface area contributed by atoms with Crippen LogP contribution in [-0.4, -0.2) is 64.1 Å². The van der Waals surface area contributed by atoms with Gasteiger partial charge in [-0.05, 0) is 30.4 Å². The fourth-order valence-corrected chi connectivity index (χ4v) is 4.38. The first kappa shape index (κ1) is 23.1. The Bertz CT molecular complexity index is 996. The average Bonchev–Trinajstić information content (AvgIpc) is 2.84. The van der Waals surface area contributed by atoms with Crippen LogP contribution in [0, 0.1) is 11.3 Å². The minimum Gasteiger partial charge on any atom is -0.477 e. The second-order valence-electron chi connectivity index (χ2n) is 9.00. The fraction of sp³-hybridized carbons (Fsp3) is 0.542. The van der Waals surface area contributed by atoms with Crippen LogP contribution in [0.15, 0.2) is 18.5 Å². The maximum atomic E-state index is 11.9. The molecule has 0 amide bonds. The molecule has 0 atom stereocenters. The maximum Gasteiger partial charge on any atom is 0.354 e. The highest BCUT2D eigenvalue weighted by Crippen LogP contribution is 2.33. The van der Waals surface area contributed by atoms with Gasteiger partial charge in [0.2, 0.25) is 5.95 Å². The molecule has 1 aliphatic carbocycles. The Morgan fingerprint density at radius 2 is 1.85 bits per heavy atom. The summed E-state index contributed by atoms with van der Waals surface area (Å²) in [6.45, 7) is 6.67. The number of rotatable bonds is 7. The van der Waals surface area contributed by atoms with Crippen LogP contribution in [0.3, 0.4) is 0 Å². The Kier molecular flexibility index (Phi) is 7.17. The van der Waals surface area contributed by atoms with Gasteiger partial charge in [0.25, 0.3) is 0 Å². The number of nitrogens with one attached hydrogen (secondary N) is 2. The van der Waals surface area contributed by atoms with Gasteiger partial charge in [-0.2, -0.15) is 0 Å². The first-order chi connectivity index (χ1) is 15.9. The molecule has 2 fully saturated rings. The Morgan fingerprint density at radius 3 is 2.45 bits per heavy atom. The third-order valence-corrected chi connectivity index (χ3v) is 6.27. The molecular weight excluding hydrogens is 420 g/mol. The molecule has 9 nitrogen and oxygen atoms in total. The zero-order valence-electron chi connectivity index (χ0n) is 19.3. The van der Waals surface area contributed by atoms with E-state index in [1.807, 2.05) is 13.8 Å². The van der Waals surface area contributed by atoms with Gasteiger partial charge in [-0.3, -0.25) is 0 Å². The van der Waals surface area contributed by atoms with Gasteiger partial charge < -0.3 is 25.5 Å². The SMILES string of the molecule is CC(C)C(=N)c1c(-c2cnc(N3CCOCC3)nc2)cc(C(=O)O)nc1NC1CCCCC1. The molecule has 4 rings (SSSR count). The number of aromatic carboxylic acids is 1. The van der Waals surface area contributed by atoms with E-state index in [4.69, 9.17) is 10.1 Å². The van der Waals surface area contributed by atoms with E-state index in [0.29, 0.717) is 47.4 Å². The predicted octanol–water partition coefficient (Wildman–Crippen LogP) is 3.84. The maximum absolute atomic E-state index is 11.9. The molecule has 3 heterocycles. The van der Waals surface area contributed by atoms with Crippen LogP contribution in [0.5, 0.6) is 0 Å². The van der Waals surface area contributed by atoms with Crippen LogP contribution in [0.4, 0.5) is 11.8 Å². The minimum absolute atomic E-state index is 0.0540. The number of ether oxygens (including phenoxy) is 1. The summed E-state index contributed by atoms with van der Waals surface area (Å²) in [5, 5.41) is 22.0. The number of morpholine rings is 1. The summed E-state index contributed by atoms with van der Waals surface area (Å²) < 4.78 is 5.40. The predicted molar refractivity (Wildman–Crippen MR) is 127 cm³/mol. The summed E-state index contributed by atoms with van der Waals surface area (Å²) in [5.74, 6) is -0.0681. The van der Waals surface area contributed by atoms with Crippen molar-refractivity contribution in [3.05, 3.63) is 29.7 Å². The number of nitrogens with zero attached hydrogens (tertiary/aromatic N) is 4. The van der Waals surface area contributed by atoms with Gasteiger partial charge in [0.1, 0.15) is 5.82 Å². The standard InChI is InChI=1S/C24H32N6O3/c1-15(2)21(25)20-18(16-13-26-24(27-14-16)30-8-10-33-11-9-30)12-19(23(31)32)29-22(20)28-17-6-4-3-5-7-17/h12-15,17,25H,3-11H2,1-2H3,(H,28,29)(H,31,32). The van der Waals surface area contributed by atoms with Gasteiger partial charge in [0, 0.05) is 48.4 Å². The number of carboxylic acids is 1. The molecule has 3 N–H and O–H groups in total. The quantitative estimate of drug-likeness (QED) is 0.541. The number of aromatic nitrogens is 3. The molecule has 1 saturated heterocycles. The number of carboxylic acid groups (broad SMARTS) is 1. The number of pyridine rings is 1. The Labute approximate surface area is 194 Å². The van der Waals surface area contributed by atoms with E-state index in [1.165, 1.54) is 12.5 Å². The molecule has 0 unspecified atom stereocenters. The Balaban J connectivity index is 1.77. The molecule has 2 aromatic rings. The third-order valence-electron chi connectivity index (χ3n) is 6.27. The smallest absolute Gasteiger partial charge is 0.354 e. The monoisotopic (exact) mass is 452 g/mol. The lowest BCUT2D eigenvalue weighted by Crippen LogP contribution is -2.37. The second-order valence-corrected chi connectivity index (χ2v) is 9.00. The van der Waals surface area contributed by atoms with Gasteiger partial charge in [-0.15, -0.1) is 0 Å². The normalized spacial score (nSPS) is 17.2. The van der Waals surface area contributed by atoms with Crippen molar-refractivity contribution >= 4 is 23.4 Å². The molecule has 176 valence electrons. The van der Waals surface area contributed by atoms with E-state index < -0.39 is 5.97 Å². The molecule has 1 saturated carbocycles. The number of hydrogen-bond acceptors (Lipinski definition) is 8. The lowest BCUT2D eigenvalue weighted by molar-refractivity contribution is 0.0690. The summed E-state index contributed by atoms with van der Waals surface area (Å²) in [6.07, 6.45) is 8.93. The van der Waals surface area contributed by atoms with Crippen molar-refractivity contribution in [3.8, 4) is 11.1 Å². The van der Waals surface area contributed by atoms with E-state index in [1.54, 1.807) is 12.4 Å². The first-order valence-electron chi connectivity index (χ1n) is 11.7. The van der Waals surface area contributed by atoms with Crippen molar-refractivity contribution in [3.63, 3.8) is 0 Å². The molecule has 1 aliphatic heterocycles. The van der Waals surface area contributed by atoms with Gasteiger partial charge in [0.05, 0.1) is 13.2 Å². The lowest BCUT2D eigenvalue weighted by Gasteiger charge is -2.27. The summed E-state index contributed by atoms with van der Waals surface area (Å²) in [6, 6.07) is 1.76. The van der Waals surface area contributed by atoms with Crippen molar-refractivity contribution in [1.82, 2.24) is 15.0 Å². The molecule has 2 aromatic heterocycles. The number of carbonyl (C=O) groups is 1. The van der Waals surface area contributed by atoms with Crippen LogP contribution in [0.25, 0.3) is 11.1 Å². The summed E-state index contributed by atoms with van der Waals surface area (Å²) in [5.41, 5.74) is 2.27. The molecule has 0 spiro atoms. The van der Waals surface area contributed by atoms with Gasteiger partial charge >= 0.3 is 5.97 Å². The largest absolute Gasteiger partial charge is 0.477 e. The molecule has 0 radical (unpaired) electrons. The summed E-state index contributed by atoms with van der Waals surface area (Å²) in [7, 11) is 0. The van der Waals surface area contributed by atoms with Crippen molar-refractivity contribution in [2.24, 2.45) is 5.92 Å². The second kappa shape index (κ2) is 10.2. The lowest BCUT2D eigenvalue weighted by atomic mass is 9.91. The number of hydrogen-bond donors (Lipinski definition) is 3. The topological polar surface area (TPSA) is 124 Å². The van der Waals surface area contributed by atoms with E-state index in [2.05, 4.69) is 25.2 Å². The first-order valence-corrected chi connectivity index (χ1v) is 11.7. The van der Waals surface area contributed by atoms with Crippen molar-refractivity contribution in [1.29, 1.82) is 5.41 Å². The summed E-state index contributed by atoms with van der Waals surface area (Å²) >= 11 is 0. The van der Waals surface area contributed by atoms with Crippen LogP contribution < -0.4 is 10.2 Å². The molecule has 9 heteroatoms. The zero-order valence-corrected chi connectivity index (χ0v) is 19.3.